The van der Waals surface area contributed by atoms with E-state index in [-0.39, 0.29) is 11.8 Å². The Balaban J connectivity index is 1.82. The van der Waals surface area contributed by atoms with E-state index in [4.69, 9.17) is 9.47 Å². The van der Waals surface area contributed by atoms with E-state index in [2.05, 4.69) is 10.3 Å². The van der Waals surface area contributed by atoms with Crippen molar-refractivity contribution in [2.24, 2.45) is 0 Å². The Kier molecular flexibility index (Phi) is 7.18. The van der Waals surface area contributed by atoms with Gasteiger partial charge in [0.1, 0.15) is 6.04 Å². The van der Waals surface area contributed by atoms with Gasteiger partial charge in [0.25, 0.3) is 0 Å². The number of fused-ring (bicyclic) bond motifs is 1. The highest BCUT2D eigenvalue weighted by atomic mass is 16.5. The minimum absolute atomic E-state index is 0.127. The van der Waals surface area contributed by atoms with Crippen LogP contribution in [0.3, 0.4) is 0 Å². The quantitative estimate of drug-likeness (QED) is 0.553. The molecule has 0 fully saturated rings. The van der Waals surface area contributed by atoms with Crippen molar-refractivity contribution in [2.45, 2.75) is 32.9 Å². The molecule has 7 heteroatoms. The van der Waals surface area contributed by atoms with Crippen LogP contribution in [0, 0.1) is 0 Å². The molecule has 7 nitrogen and oxygen atoms in total. The van der Waals surface area contributed by atoms with Crippen LogP contribution in [-0.4, -0.2) is 48.5 Å². The van der Waals surface area contributed by atoms with Crippen molar-refractivity contribution in [2.75, 3.05) is 20.8 Å². The molecule has 1 unspecified atom stereocenters. The number of hydrogen-bond donors (Lipinski definition) is 2. The van der Waals surface area contributed by atoms with Crippen molar-refractivity contribution in [1.29, 1.82) is 0 Å². The van der Waals surface area contributed by atoms with Crippen LogP contribution < -0.4 is 14.8 Å². The van der Waals surface area contributed by atoms with Crippen molar-refractivity contribution in [3.05, 3.63) is 59.8 Å². The van der Waals surface area contributed by atoms with Crippen molar-refractivity contribution >= 4 is 22.7 Å². The Morgan fingerprint density at radius 1 is 1.10 bits per heavy atom. The Morgan fingerprint density at radius 2 is 1.84 bits per heavy atom. The van der Waals surface area contributed by atoms with Crippen LogP contribution in [-0.2, 0) is 22.6 Å². The molecule has 2 amide bonds. The number of H-pyrrole nitrogens is 1. The van der Waals surface area contributed by atoms with Gasteiger partial charge in [-0.05, 0) is 36.2 Å². The van der Waals surface area contributed by atoms with Crippen molar-refractivity contribution in [1.82, 2.24) is 15.2 Å². The normalized spacial score (nSPS) is 11.7. The maximum absolute atomic E-state index is 13.4. The molecule has 0 saturated heterocycles. The number of carbonyl (C=O) groups is 2. The van der Waals surface area contributed by atoms with Crippen LogP contribution in [0.2, 0.25) is 0 Å². The Hall–Kier alpha value is -3.48. The van der Waals surface area contributed by atoms with Gasteiger partial charge in [0.2, 0.25) is 11.8 Å². The number of likely N-dealkylation sites (N-methyl/N-ethyl adjacent to an activating group) is 1. The van der Waals surface area contributed by atoms with Gasteiger partial charge in [0, 0.05) is 43.5 Å². The number of ether oxygens (including phenoxy) is 2. The van der Waals surface area contributed by atoms with Gasteiger partial charge < -0.3 is 24.7 Å². The lowest BCUT2D eigenvalue weighted by Crippen LogP contribution is -2.48. The van der Waals surface area contributed by atoms with Gasteiger partial charge in [-0.25, -0.2) is 0 Å². The number of hydrogen-bond acceptors (Lipinski definition) is 4. The molecule has 0 spiro atoms. The molecule has 0 aliphatic rings. The van der Waals surface area contributed by atoms with E-state index in [1.807, 2.05) is 55.6 Å². The standard InChI is InChI=1S/C24H29N3O4/c1-5-27(15-17-10-11-22(30-3)23(12-17)31-4)24(29)21(26-16(2)28)13-18-14-25-20-9-7-6-8-19(18)20/h6-12,14,21,25H,5,13,15H2,1-4H3,(H,26,28). The zero-order valence-electron chi connectivity index (χ0n) is 18.4. The SMILES string of the molecule is CCN(Cc1ccc(OC)c(OC)c1)C(=O)C(Cc1c[nH]c2ccccc12)NC(C)=O. The number of para-hydroxylation sites is 1. The number of rotatable bonds is 9. The van der Waals surface area contributed by atoms with Gasteiger partial charge in [-0.3, -0.25) is 9.59 Å². The first kappa shape index (κ1) is 22.2. The zero-order chi connectivity index (χ0) is 22.4. The van der Waals surface area contributed by atoms with E-state index >= 15 is 0 Å². The number of nitrogens with one attached hydrogen (secondary N) is 2. The predicted molar refractivity (Wildman–Crippen MR) is 120 cm³/mol. The minimum atomic E-state index is -0.656. The number of aromatic nitrogens is 1. The lowest BCUT2D eigenvalue weighted by atomic mass is 10.0. The average molecular weight is 424 g/mol. The van der Waals surface area contributed by atoms with E-state index < -0.39 is 6.04 Å². The monoisotopic (exact) mass is 423 g/mol. The molecule has 1 atom stereocenters. The highest BCUT2D eigenvalue weighted by Gasteiger charge is 2.26. The molecule has 31 heavy (non-hydrogen) atoms. The molecular weight excluding hydrogens is 394 g/mol. The number of aromatic amines is 1. The maximum Gasteiger partial charge on any atom is 0.245 e. The van der Waals surface area contributed by atoms with Gasteiger partial charge in [-0.2, -0.15) is 0 Å². The molecule has 0 aliphatic heterocycles. The molecule has 164 valence electrons. The van der Waals surface area contributed by atoms with Crippen molar-refractivity contribution in [3.8, 4) is 11.5 Å². The molecular formula is C24H29N3O4. The summed E-state index contributed by atoms with van der Waals surface area (Å²) in [4.78, 5) is 30.2. The third kappa shape index (κ3) is 5.17. The second-order valence-electron chi connectivity index (χ2n) is 7.36. The predicted octanol–water partition coefficient (Wildman–Crippen LogP) is 3.28. The van der Waals surface area contributed by atoms with Crippen LogP contribution in [0.5, 0.6) is 11.5 Å². The van der Waals surface area contributed by atoms with Gasteiger partial charge in [0.05, 0.1) is 14.2 Å². The summed E-state index contributed by atoms with van der Waals surface area (Å²) in [5.41, 5.74) is 2.91. The van der Waals surface area contributed by atoms with Crippen LogP contribution in [0.1, 0.15) is 25.0 Å². The van der Waals surface area contributed by atoms with Crippen molar-refractivity contribution in [3.63, 3.8) is 0 Å². The first-order chi connectivity index (χ1) is 15.0. The minimum Gasteiger partial charge on any atom is -0.493 e. The highest BCUT2D eigenvalue weighted by molar-refractivity contribution is 5.89. The fourth-order valence-electron chi connectivity index (χ4n) is 3.73. The summed E-state index contributed by atoms with van der Waals surface area (Å²) in [5, 5.41) is 3.88. The molecule has 0 aliphatic carbocycles. The number of benzene rings is 2. The first-order valence-corrected chi connectivity index (χ1v) is 10.3. The van der Waals surface area contributed by atoms with Gasteiger partial charge in [0.15, 0.2) is 11.5 Å². The molecule has 0 bridgehead atoms. The smallest absolute Gasteiger partial charge is 0.245 e. The first-order valence-electron chi connectivity index (χ1n) is 10.3. The number of methoxy groups -OCH3 is 2. The second kappa shape index (κ2) is 10.0. The molecule has 2 aromatic carbocycles. The number of amides is 2. The van der Waals surface area contributed by atoms with Gasteiger partial charge in [-0.1, -0.05) is 24.3 Å². The molecule has 2 N–H and O–H groups in total. The van der Waals surface area contributed by atoms with Gasteiger partial charge in [-0.15, -0.1) is 0 Å². The summed E-state index contributed by atoms with van der Waals surface area (Å²) in [6.45, 7) is 4.27. The number of carbonyl (C=O) groups excluding carboxylic acids is 2. The highest BCUT2D eigenvalue weighted by Crippen LogP contribution is 2.28. The Labute approximate surface area is 182 Å². The molecule has 0 saturated carbocycles. The fourth-order valence-corrected chi connectivity index (χ4v) is 3.73. The fraction of sp³-hybridized carbons (Fsp3) is 0.333. The Bertz CT molecular complexity index is 1060. The molecule has 1 aromatic heterocycles. The molecule has 1 heterocycles. The second-order valence-corrected chi connectivity index (χ2v) is 7.36. The third-order valence-electron chi connectivity index (χ3n) is 5.29. The summed E-state index contributed by atoms with van der Waals surface area (Å²) in [5.74, 6) is 0.884. The molecule has 3 aromatic rings. The summed E-state index contributed by atoms with van der Waals surface area (Å²) >= 11 is 0. The lowest BCUT2D eigenvalue weighted by molar-refractivity contribution is -0.136. The number of nitrogens with zero attached hydrogens (tertiary/aromatic N) is 1. The molecule has 3 rings (SSSR count). The van der Waals surface area contributed by atoms with E-state index in [1.165, 1.54) is 6.92 Å². The zero-order valence-corrected chi connectivity index (χ0v) is 18.4. The van der Waals surface area contributed by atoms with E-state index in [0.717, 1.165) is 22.0 Å². The molecule has 0 radical (unpaired) electrons. The maximum atomic E-state index is 13.4. The van der Waals surface area contributed by atoms with Crippen LogP contribution in [0.25, 0.3) is 10.9 Å². The summed E-state index contributed by atoms with van der Waals surface area (Å²) < 4.78 is 10.7. The van der Waals surface area contributed by atoms with Gasteiger partial charge >= 0.3 is 0 Å². The van der Waals surface area contributed by atoms with Crippen LogP contribution >= 0.6 is 0 Å². The van der Waals surface area contributed by atoms with E-state index in [1.54, 1.807) is 19.1 Å². The van der Waals surface area contributed by atoms with Crippen molar-refractivity contribution < 1.29 is 19.1 Å². The van der Waals surface area contributed by atoms with E-state index in [0.29, 0.717) is 31.0 Å². The van der Waals surface area contributed by atoms with Crippen LogP contribution in [0.15, 0.2) is 48.7 Å². The summed E-state index contributed by atoms with van der Waals surface area (Å²) in [6, 6.07) is 12.9. The lowest BCUT2D eigenvalue weighted by Gasteiger charge is -2.27. The summed E-state index contributed by atoms with van der Waals surface area (Å²) in [7, 11) is 3.17. The largest absolute Gasteiger partial charge is 0.493 e. The Morgan fingerprint density at radius 3 is 2.52 bits per heavy atom. The van der Waals surface area contributed by atoms with Crippen LogP contribution in [0.4, 0.5) is 0 Å². The summed E-state index contributed by atoms with van der Waals surface area (Å²) in [6.07, 6.45) is 2.31. The average Bonchev–Trinajstić information content (AvgIpc) is 3.19. The third-order valence-corrected chi connectivity index (χ3v) is 5.29. The van der Waals surface area contributed by atoms with E-state index in [9.17, 15) is 9.59 Å². The topological polar surface area (TPSA) is 83.7 Å².